The lowest BCUT2D eigenvalue weighted by atomic mass is 10.2. The van der Waals surface area contributed by atoms with Gasteiger partial charge in [-0.25, -0.2) is 0 Å². The molecule has 1 atom stereocenters. The second-order valence-electron chi connectivity index (χ2n) is 5.16. The smallest absolute Gasteiger partial charge is 0.246 e. The molecule has 6 heteroatoms. The largest absolute Gasteiger partial charge is 0.497 e. The number of methoxy groups -OCH3 is 1. The molecule has 0 heterocycles. The van der Waals surface area contributed by atoms with E-state index in [-0.39, 0.29) is 31.0 Å². The molecule has 0 radical (unpaired) electrons. The molecule has 6 nitrogen and oxygen atoms in total. The van der Waals surface area contributed by atoms with Crippen molar-refractivity contribution in [1.29, 1.82) is 0 Å². The molecule has 0 aliphatic carbocycles. The molecule has 0 saturated heterocycles. The molecule has 0 saturated carbocycles. The Labute approximate surface area is 136 Å². The summed E-state index contributed by atoms with van der Waals surface area (Å²) in [6.07, 6.45) is 3.71. The molecule has 0 aliphatic heterocycles. The summed E-state index contributed by atoms with van der Waals surface area (Å²) < 4.78 is 5.12. The summed E-state index contributed by atoms with van der Waals surface area (Å²) in [5.41, 5.74) is 0.835. The van der Waals surface area contributed by atoms with Gasteiger partial charge in [-0.3, -0.25) is 9.59 Å². The first-order valence-corrected chi connectivity index (χ1v) is 7.47. The van der Waals surface area contributed by atoms with Crippen LogP contribution in [0.15, 0.2) is 30.3 Å². The maximum absolute atomic E-state index is 12.0. The number of amides is 2. The number of benzene rings is 1. The quantitative estimate of drug-likeness (QED) is 0.702. The predicted molar refractivity (Wildman–Crippen MR) is 89.0 cm³/mol. The average molecular weight is 320 g/mol. The molecule has 0 bridgehead atoms. The Morgan fingerprint density at radius 1 is 1.43 bits per heavy atom. The fourth-order valence-corrected chi connectivity index (χ4v) is 1.88. The topological polar surface area (TPSA) is 78.9 Å². The summed E-state index contributed by atoms with van der Waals surface area (Å²) in [5.74, 6) is 0.137. The van der Waals surface area contributed by atoms with E-state index in [0.29, 0.717) is 12.2 Å². The molecule has 1 aromatic rings. The van der Waals surface area contributed by atoms with Crippen LogP contribution >= 0.6 is 0 Å². The first-order chi connectivity index (χ1) is 11.0. The second kappa shape index (κ2) is 9.63. The second-order valence-corrected chi connectivity index (χ2v) is 5.16. The van der Waals surface area contributed by atoms with Crippen molar-refractivity contribution >= 4 is 17.9 Å². The van der Waals surface area contributed by atoms with Gasteiger partial charge in [-0.2, -0.15) is 0 Å². The van der Waals surface area contributed by atoms with Gasteiger partial charge in [0.1, 0.15) is 5.75 Å². The summed E-state index contributed by atoms with van der Waals surface area (Å²) in [7, 11) is 3.13. The van der Waals surface area contributed by atoms with E-state index in [1.807, 2.05) is 31.2 Å². The minimum Gasteiger partial charge on any atom is -0.497 e. The summed E-state index contributed by atoms with van der Waals surface area (Å²) in [6.45, 7) is 1.69. The Hall–Kier alpha value is -2.34. The van der Waals surface area contributed by atoms with Crippen LogP contribution in [-0.4, -0.2) is 55.2 Å². The Morgan fingerprint density at radius 2 is 2.17 bits per heavy atom. The molecular formula is C17H24N2O4. The highest BCUT2D eigenvalue weighted by Gasteiger charge is 2.13. The SMILES string of the molecule is CCC(CO)NC(=O)CN(C)C(=O)/C=C/c1cccc(OC)c1. The molecule has 23 heavy (non-hydrogen) atoms. The summed E-state index contributed by atoms with van der Waals surface area (Å²) >= 11 is 0. The monoisotopic (exact) mass is 320 g/mol. The number of hydrogen-bond donors (Lipinski definition) is 2. The van der Waals surface area contributed by atoms with Crippen molar-refractivity contribution < 1.29 is 19.4 Å². The molecule has 1 rings (SSSR count). The summed E-state index contributed by atoms with van der Waals surface area (Å²) in [6, 6.07) is 7.04. The van der Waals surface area contributed by atoms with E-state index < -0.39 is 0 Å². The van der Waals surface area contributed by atoms with E-state index >= 15 is 0 Å². The number of likely N-dealkylation sites (N-methyl/N-ethyl adjacent to an activating group) is 1. The molecule has 2 amide bonds. The highest BCUT2D eigenvalue weighted by atomic mass is 16.5. The van der Waals surface area contributed by atoms with E-state index in [2.05, 4.69) is 5.32 Å². The lowest BCUT2D eigenvalue weighted by molar-refractivity contribution is -0.131. The highest BCUT2D eigenvalue weighted by Crippen LogP contribution is 2.13. The Balaban J connectivity index is 2.56. The van der Waals surface area contributed by atoms with Gasteiger partial charge in [0.2, 0.25) is 11.8 Å². The zero-order chi connectivity index (χ0) is 17.2. The van der Waals surface area contributed by atoms with Crippen LogP contribution in [0.25, 0.3) is 6.08 Å². The van der Waals surface area contributed by atoms with Crippen LogP contribution in [0.5, 0.6) is 5.75 Å². The van der Waals surface area contributed by atoms with E-state index in [4.69, 9.17) is 9.84 Å². The van der Waals surface area contributed by atoms with Crippen molar-refractivity contribution in [2.75, 3.05) is 27.3 Å². The molecule has 0 spiro atoms. The molecule has 0 aromatic heterocycles. The van der Waals surface area contributed by atoms with Gasteiger partial charge in [0, 0.05) is 13.1 Å². The predicted octanol–water partition coefficient (Wildman–Crippen LogP) is 1.05. The minimum atomic E-state index is -0.295. The number of carbonyl (C=O) groups excluding carboxylic acids is 2. The maximum atomic E-state index is 12.0. The number of aliphatic hydroxyl groups excluding tert-OH is 1. The Bertz CT molecular complexity index is 553. The van der Waals surface area contributed by atoms with E-state index in [1.54, 1.807) is 20.2 Å². The number of carbonyl (C=O) groups is 2. The van der Waals surface area contributed by atoms with Gasteiger partial charge in [-0.05, 0) is 30.2 Å². The van der Waals surface area contributed by atoms with Gasteiger partial charge < -0.3 is 20.1 Å². The molecule has 1 aromatic carbocycles. The van der Waals surface area contributed by atoms with E-state index in [9.17, 15) is 9.59 Å². The molecule has 0 aliphatic rings. The third-order valence-corrected chi connectivity index (χ3v) is 3.35. The van der Waals surface area contributed by atoms with Crippen LogP contribution in [-0.2, 0) is 9.59 Å². The van der Waals surface area contributed by atoms with Crippen LogP contribution in [0.2, 0.25) is 0 Å². The third kappa shape index (κ3) is 6.52. The minimum absolute atomic E-state index is 0.0578. The maximum Gasteiger partial charge on any atom is 0.246 e. The van der Waals surface area contributed by atoms with Crippen LogP contribution in [0.3, 0.4) is 0 Å². The molecule has 2 N–H and O–H groups in total. The van der Waals surface area contributed by atoms with Gasteiger partial charge in [0.15, 0.2) is 0 Å². The molecular weight excluding hydrogens is 296 g/mol. The summed E-state index contributed by atoms with van der Waals surface area (Å²) in [5, 5.41) is 11.7. The Kier molecular flexibility index (Phi) is 7.83. The van der Waals surface area contributed by atoms with Gasteiger partial charge in [-0.15, -0.1) is 0 Å². The first kappa shape index (κ1) is 18.7. The average Bonchev–Trinajstić information content (AvgIpc) is 2.57. The third-order valence-electron chi connectivity index (χ3n) is 3.35. The number of nitrogens with one attached hydrogen (secondary N) is 1. The van der Waals surface area contributed by atoms with Crippen molar-refractivity contribution in [3.05, 3.63) is 35.9 Å². The van der Waals surface area contributed by atoms with E-state index in [0.717, 1.165) is 5.56 Å². The zero-order valence-corrected chi connectivity index (χ0v) is 13.8. The van der Waals surface area contributed by atoms with Crippen molar-refractivity contribution in [2.45, 2.75) is 19.4 Å². The van der Waals surface area contributed by atoms with Crippen molar-refractivity contribution in [1.82, 2.24) is 10.2 Å². The van der Waals surface area contributed by atoms with Crippen LogP contribution < -0.4 is 10.1 Å². The molecule has 0 fully saturated rings. The fourth-order valence-electron chi connectivity index (χ4n) is 1.88. The Morgan fingerprint density at radius 3 is 2.78 bits per heavy atom. The van der Waals surface area contributed by atoms with Gasteiger partial charge >= 0.3 is 0 Å². The number of rotatable bonds is 8. The van der Waals surface area contributed by atoms with Gasteiger partial charge in [0.25, 0.3) is 0 Å². The number of ether oxygens (including phenoxy) is 1. The first-order valence-electron chi connectivity index (χ1n) is 7.47. The lowest BCUT2D eigenvalue weighted by Gasteiger charge is -2.18. The van der Waals surface area contributed by atoms with Crippen LogP contribution in [0.1, 0.15) is 18.9 Å². The highest BCUT2D eigenvalue weighted by molar-refractivity contribution is 5.94. The number of hydrogen-bond acceptors (Lipinski definition) is 4. The van der Waals surface area contributed by atoms with Gasteiger partial charge in [0.05, 0.1) is 26.3 Å². The van der Waals surface area contributed by atoms with Crippen LogP contribution in [0, 0.1) is 0 Å². The standard InChI is InChI=1S/C17H24N2O4/c1-4-14(12-20)18-16(21)11-19(2)17(22)9-8-13-6-5-7-15(10-13)23-3/h5-10,14,20H,4,11-12H2,1-3H3,(H,18,21)/b9-8+. The zero-order valence-electron chi connectivity index (χ0n) is 13.8. The molecule has 126 valence electrons. The normalized spacial score (nSPS) is 12.0. The number of nitrogens with zero attached hydrogens (tertiary/aromatic N) is 1. The van der Waals surface area contributed by atoms with Crippen LogP contribution in [0.4, 0.5) is 0 Å². The van der Waals surface area contributed by atoms with Crippen molar-refractivity contribution in [3.63, 3.8) is 0 Å². The van der Waals surface area contributed by atoms with Crippen molar-refractivity contribution in [3.8, 4) is 5.75 Å². The van der Waals surface area contributed by atoms with Crippen molar-refractivity contribution in [2.24, 2.45) is 0 Å². The lowest BCUT2D eigenvalue weighted by Crippen LogP contribution is -2.43. The van der Waals surface area contributed by atoms with Gasteiger partial charge in [-0.1, -0.05) is 19.1 Å². The molecule has 1 unspecified atom stereocenters. The van der Waals surface area contributed by atoms with E-state index in [1.165, 1.54) is 11.0 Å². The summed E-state index contributed by atoms with van der Waals surface area (Å²) in [4.78, 5) is 25.1. The number of aliphatic hydroxyl groups is 1. The fraction of sp³-hybridized carbons (Fsp3) is 0.412.